The van der Waals surface area contributed by atoms with E-state index in [4.69, 9.17) is 4.74 Å². The fourth-order valence-electron chi connectivity index (χ4n) is 4.63. The standard InChI is InChI=1S/C21H29F3O/c1-3-5-14-7-9-15(10-8-14)18-13-17-12-11-16(6-4-2)20(22)19(17)21(23,24)25-18/h11-12,14-15,18H,3-10,13H2,1-2H3. The second-order valence-corrected chi connectivity index (χ2v) is 7.77. The summed E-state index contributed by atoms with van der Waals surface area (Å²) in [6, 6.07) is 3.36. The summed E-state index contributed by atoms with van der Waals surface area (Å²) < 4.78 is 49.0. The minimum atomic E-state index is -3.52. The normalized spacial score (nSPS) is 28.6. The Kier molecular flexibility index (Phi) is 5.77. The number of hydrogen-bond acceptors (Lipinski definition) is 1. The van der Waals surface area contributed by atoms with Gasteiger partial charge in [0, 0.05) is 0 Å². The van der Waals surface area contributed by atoms with Crippen LogP contribution in [0, 0.1) is 17.7 Å². The van der Waals surface area contributed by atoms with Crippen LogP contribution >= 0.6 is 0 Å². The quantitative estimate of drug-likeness (QED) is 0.596. The summed E-state index contributed by atoms with van der Waals surface area (Å²) in [5.41, 5.74) is 0.270. The van der Waals surface area contributed by atoms with Gasteiger partial charge in [0.05, 0.1) is 11.7 Å². The minimum Gasteiger partial charge on any atom is -0.312 e. The lowest BCUT2D eigenvalue weighted by Gasteiger charge is -2.39. The summed E-state index contributed by atoms with van der Waals surface area (Å²) in [7, 11) is 0. The van der Waals surface area contributed by atoms with E-state index in [2.05, 4.69) is 6.92 Å². The summed E-state index contributed by atoms with van der Waals surface area (Å²) in [4.78, 5) is 0. The predicted molar refractivity (Wildman–Crippen MR) is 93.2 cm³/mol. The molecule has 1 aromatic rings. The van der Waals surface area contributed by atoms with Crippen LogP contribution in [0.2, 0.25) is 0 Å². The average Bonchev–Trinajstić information content (AvgIpc) is 2.57. The molecule has 1 heterocycles. The van der Waals surface area contributed by atoms with E-state index in [1.165, 1.54) is 12.8 Å². The van der Waals surface area contributed by atoms with E-state index in [1.807, 2.05) is 6.92 Å². The van der Waals surface area contributed by atoms with E-state index in [0.717, 1.165) is 38.0 Å². The molecule has 1 unspecified atom stereocenters. The number of benzene rings is 1. The summed E-state index contributed by atoms with van der Waals surface area (Å²) in [6.07, 6.45) is 4.06. The number of aryl methyl sites for hydroxylation is 1. The van der Waals surface area contributed by atoms with Crippen molar-refractivity contribution < 1.29 is 17.9 Å². The molecule has 0 N–H and O–H groups in total. The molecule has 2 aliphatic rings. The van der Waals surface area contributed by atoms with Crippen LogP contribution in [-0.4, -0.2) is 6.10 Å². The van der Waals surface area contributed by atoms with Crippen LogP contribution in [0.4, 0.5) is 13.2 Å². The Labute approximate surface area is 149 Å². The van der Waals surface area contributed by atoms with Gasteiger partial charge in [-0.25, -0.2) is 4.39 Å². The Balaban J connectivity index is 1.77. The number of ether oxygens (including phenoxy) is 1. The molecule has 1 fully saturated rings. The lowest BCUT2D eigenvalue weighted by Crippen LogP contribution is -2.40. The molecule has 1 saturated carbocycles. The fraction of sp³-hybridized carbons (Fsp3) is 0.714. The highest BCUT2D eigenvalue weighted by Gasteiger charge is 2.47. The molecule has 0 aromatic heterocycles. The van der Waals surface area contributed by atoms with Crippen molar-refractivity contribution >= 4 is 0 Å². The van der Waals surface area contributed by atoms with Gasteiger partial charge in [-0.3, -0.25) is 0 Å². The maximum atomic E-state index is 14.6. The summed E-state index contributed by atoms with van der Waals surface area (Å²) in [6.45, 7) is 4.10. The lowest BCUT2D eigenvalue weighted by molar-refractivity contribution is -0.292. The molecule has 140 valence electrons. The van der Waals surface area contributed by atoms with Crippen LogP contribution in [0.15, 0.2) is 12.1 Å². The number of halogens is 3. The zero-order valence-electron chi connectivity index (χ0n) is 15.3. The van der Waals surface area contributed by atoms with Crippen LogP contribution in [0.3, 0.4) is 0 Å². The van der Waals surface area contributed by atoms with Gasteiger partial charge in [-0.05, 0) is 48.6 Å². The maximum absolute atomic E-state index is 14.6. The van der Waals surface area contributed by atoms with Crippen LogP contribution in [-0.2, 0) is 23.7 Å². The van der Waals surface area contributed by atoms with Gasteiger partial charge in [0.2, 0.25) is 0 Å². The lowest BCUT2D eigenvalue weighted by atomic mass is 9.76. The first-order chi connectivity index (χ1) is 12.0. The number of rotatable bonds is 5. The first kappa shape index (κ1) is 18.8. The molecule has 0 amide bonds. The molecular weight excluding hydrogens is 325 g/mol. The smallest absolute Gasteiger partial charge is 0.312 e. The number of alkyl halides is 2. The molecule has 0 saturated heterocycles. The molecule has 1 aromatic carbocycles. The average molecular weight is 354 g/mol. The van der Waals surface area contributed by atoms with E-state index < -0.39 is 23.6 Å². The molecule has 1 nitrogen and oxygen atoms in total. The van der Waals surface area contributed by atoms with Crippen molar-refractivity contribution in [2.75, 3.05) is 0 Å². The van der Waals surface area contributed by atoms with E-state index in [0.29, 0.717) is 24.0 Å². The minimum absolute atomic E-state index is 0.158. The molecule has 0 radical (unpaired) electrons. The van der Waals surface area contributed by atoms with Crippen molar-refractivity contribution in [1.29, 1.82) is 0 Å². The molecule has 1 aliphatic carbocycles. The Hall–Kier alpha value is -1.03. The Morgan fingerprint density at radius 2 is 1.80 bits per heavy atom. The van der Waals surface area contributed by atoms with Crippen molar-refractivity contribution in [3.63, 3.8) is 0 Å². The molecular formula is C21H29F3O. The van der Waals surface area contributed by atoms with E-state index in [9.17, 15) is 13.2 Å². The molecule has 3 rings (SSSR count). The van der Waals surface area contributed by atoms with Gasteiger partial charge in [-0.15, -0.1) is 0 Å². The van der Waals surface area contributed by atoms with E-state index >= 15 is 0 Å². The highest BCUT2D eigenvalue weighted by Crippen LogP contribution is 2.45. The summed E-state index contributed by atoms with van der Waals surface area (Å²) in [5.74, 6) is 0.117. The van der Waals surface area contributed by atoms with E-state index in [1.54, 1.807) is 12.1 Å². The number of hydrogen-bond donors (Lipinski definition) is 0. The molecule has 1 aliphatic heterocycles. The van der Waals surface area contributed by atoms with Crippen LogP contribution in [0.25, 0.3) is 0 Å². The van der Waals surface area contributed by atoms with Crippen molar-refractivity contribution in [2.24, 2.45) is 11.8 Å². The number of fused-ring (bicyclic) bond motifs is 1. The highest BCUT2D eigenvalue weighted by molar-refractivity contribution is 5.38. The van der Waals surface area contributed by atoms with Gasteiger partial charge in [0.25, 0.3) is 0 Å². The first-order valence-corrected chi connectivity index (χ1v) is 9.82. The fourth-order valence-corrected chi connectivity index (χ4v) is 4.63. The highest BCUT2D eigenvalue weighted by atomic mass is 19.3. The van der Waals surface area contributed by atoms with Crippen LogP contribution in [0.1, 0.15) is 75.5 Å². The molecule has 4 heteroatoms. The Bertz CT molecular complexity index is 591. The van der Waals surface area contributed by atoms with Gasteiger partial charge < -0.3 is 4.74 Å². The van der Waals surface area contributed by atoms with Crippen molar-refractivity contribution in [3.05, 3.63) is 34.6 Å². The summed E-state index contributed by atoms with van der Waals surface area (Å²) in [5, 5.41) is 0. The zero-order valence-corrected chi connectivity index (χ0v) is 15.3. The second-order valence-electron chi connectivity index (χ2n) is 7.77. The van der Waals surface area contributed by atoms with Crippen molar-refractivity contribution in [3.8, 4) is 0 Å². The summed E-state index contributed by atoms with van der Waals surface area (Å²) >= 11 is 0. The zero-order chi connectivity index (χ0) is 18.0. The van der Waals surface area contributed by atoms with Crippen molar-refractivity contribution in [2.45, 2.75) is 83.8 Å². The monoisotopic (exact) mass is 354 g/mol. The Morgan fingerprint density at radius 3 is 2.44 bits per heavy atom. The van der Waals surface area contributed by atoms with E-state index in [-0.39, 0.29) is 5.92 Å². The topological polar surface area (TPSA) is 9.23 Å². The molecule has 1 atom stereocenters. The van der Waals surface area contributed by atoms with Gasteiger partial charge in [-0.1, -0.05) is 58.1 Å². The third-order valence-electron chi connectivity index (χ3n) is 5.95. The van der Waals surface area contributed by atoms with Gasteiger partial charge >= 0.3 is 6.11 Å². The van der Waals surface area contributed by atoms with Crippen LogP contribution in [0.5, 0.6) is 0 Å². The second kappa shape index (κ2) is 7.69. The van der Waals surface area contributed by atoms with Gasteiger partial charge in [-0.2, -0.15) is 8.78 Å². The Morgan fingerprint density at radius 1 is 1.08 bits per heavy atom. The maximum Gasteiger partial charge on any atom is 0.386 e. The largest absolute Gasteiger partial charge is 0.386 e. The van der Waals surface area contributed by atoms with Gasteiger partial charge in [0.15, 0.2) is 0 Å². The first-order valence-electron chi connectivity index (χ1n) is 9.82. The SMILES string of the molecule is CCCc1ccc2c(c1F)C(F)(F)OC(C1CCC(CCC)CC1)C2. The molecule has 25 heavy (non-hydrogen) atoms. The van der Waals surface area contributed by atoms with Gasteiger partial charge in [0.1, 0.15) is 5.82 Å². The predicted octanol–water partition coefficient (Wildman–Crippen LogP) is 6.38. The van der Waals surface area contributed by atoms with Crippen molar-refractivity contribution in [1.82, 2.24) is 0 Å². The molecule has 0 spiro atoms. The van der Waals surface area contributed by atoms with Crippen LogP contribution < -0.4 is 0 Å². The molecule has 0 bridgehead atoms. The third kappa shape index (κ3) is 3.89. The third-order valence-corrected chi connectivity index (χ3v) is 5.95.